The summed E-state index contributed by atoms with van der Waals surface area (Å²) >= 11 is 0. The molecule has 1 heterocycles. The van der Waals surface area contributed by atoms with Crippen LogP contribution in [0.1, 0.15) is 52.0 Å². The molecule has 240 valence electrons. The van der Waals surface area contributed by atoms with Crippen LogP contribution in [0.15, 0.2) is 30.5 Å². The number of para-hydroxylation sites is 1. The minimum absolute atomic E-state index is 0.347. The van der Waals surface area contributed by atoms with E-state index >= 15 is 0 Å². The molecule has 1 aromatic heterocycles. The van der Waals surface area contributed by atoms with Crippen molar-refractivity contribution in [2.45, 2.75) is 83.1 Å². The number of aromatic amines is 1. The highest BCUT2D eigenvalue weighted by atomic mass is 16.4. The number of aliphatic hydroxyl groups is 1. The van der Waals surface area contributed by atoms with Crippen LogP contribution in [0, 0.1) is 5.92 Å². The number of hydrogen-bond donors (Lipinski definition) is 11. The number of benzene rings is 1. The van der Waals surface area contributed by atoms with Crippen molar-refractivity contribution in [2.75, 3.05) is 6.54 Å². The Hall–Kier alpha value is -3.60. The van der Waals surface area contributed by atoms with E-state index in [1.165, 1.54) is 6.92 Å². The molecule has 15 heteroatoms. The maximum Gasteiger partial charge on any atom is 0.323 e. The van der Waals surface area contributed by atoms with Crippen LogP contribution in [0.4, 0.5) is 0 Å². The lowest BCUT2D eigenvalue weighted by molar-refractivity contribution is -0.141. The molecule has 1 aromatic carbocycles. The lowest BCUT2D eigenvalue weighted by Gasteiger charge is -2.07. The van der Waals surface area contributed by atoms with E-state index in [1.54, 1.807) is 0 Å². The molecule has 0 aliphatic heterocycles. The number of aliphatic carboxylic acids is 4. The standard InChI is InChI=1S/C11H12N2O2.C6H14N2O2.C6H13NO2.C4H9NO3/c12-9(11(14)15)5-7-6-13-10-4-2-1-3-8(7)10;7-4-2-1-3-5(8)6(9)10;1-4(2)3-5(7)6(8)9;1-2(6)3(5)4(7)8/h1-4,6,9,13H,5,12H2,(H,14,15);5H,1-4,7-8H2,(H,9,10);4-5H,3,7H2,1-2H3,(H,8,9);2-3,6H,5H2,1H3,(H,7,8)/t9-;2*5-;2-,3+/m0001/s1. The molecule has 42 heavy (non-hydrogen) atoms. The van der Waals surface area contributed by atoms with Gasteiger partial charge in [-0.2, -0.15) is 0 Å². The first-order valence-electron chi connectivity index (χ1n) is 13.3. The van der Waals surface area contributed by atoms with Gasteiger partial charge in [-0.15, -0.1) is 0 Å². The van der Waals surface area contributed by atoms with Crippen LogP contribution in [0.5, 0.6) is 0 Å². The number of rotatable bonds is 13. The number of H-pyrrole nitrogens is 1. The summed E-state index contributed by atoms with van der Waals surface area (Å²) < 4.78 is 0. The van der Waals surface area contributed by atoms with E-state index in [0.29, 0.717) is 31.7 Å². The normalized spacial score (nSPS) is 14.0. The average Bonchev–Trinajstić information content (AvgIpc) is 3.31. The summed E-state index contributed by atoms with van der Waals surface area (Å²) in [4.78, 5) is 43.8. The lowest BCUT2D eigenvalue weighted by Crippen LogP contribution is -2.39. The molecule has 2 rings (SSSR count). The van der Waals surface area contributed by atoms with E-state index in [0.717, 1.165) is 29.3 Å². The van der Waals surface area contributed by atoms with Gasteiger partial charge in [0.25, 0.3) is 0 Å². The van der Waals surface area contributed by atoms with E-state index < -0.39 is 54.1 Å². The van der Waals surface area contributed by atoms with E-state index in [4.69, 9.17) is 54.2 Å². The highest BCUT2D eigenvalue weighted by Crippen LogP contribution is 2.18. The Bertz CT molecular complexity index is 1080. The van der Waals surface area contributed by atoms with Crippen molar-refractivity contribution in [1.82, 2.24) is 4.98 Å². The Morgan fingerprint density at radius 3 is 1.69 bits per heavy atom. The largest absolute Gasteiger partial charge is 0.480 e. The third-order valence-electron chi connectivity index (χ3n) is 5.57. The maximum atomic E-state index is 10.6. The third kappa shape index (κ3) is 18.7. The van der Waals surface area contributed by atoms with Gasteiger partial charge in [-0.1, -0.05) is 38.5 Å². The molecule has 0 aliphatic carbocycles. The summed E-state index contributed by atoms with van der Waals surface area (Å²) in [6, 6.07) is 4.35. The summed E-state index contributed by atoms with van der Waals surface area (Å²) in [6.07, 6.45) is 3.90. The zero-order valence-electron chi connectivity index (χ0n) is 24.3. The fourth-order valence-electron chi connectivity index (χ4n) is 3.07. The molecule has 0 amide bonds. The number of nitrogens with one attached hydrogen (secondary N) is 1. The number of carboxylic acids is 4. The SMILES string of the molecule is CC(C)C[C@H](N)C(=O)O.C[C@@H](O)[C@H](N)C(=O)O.NCCCC[C@H](N)C(=O)O.N[C@@H](Cc1c[nH]c2ccccc12)C(=O)O. The van der Waals surface area contributed by atoms with Crippen molar-refractivity contribution >= 4 is 34.8 Å². The average molecular weight is 601 g/mol. The van der Waals surface area contributed by atoms with Crippen molar-refractivity contribution in [1.29, 1.82) is 0 Å². The van der Waals surface area contributed by atoms with Gasteiger partial charge < -0.3 is 59.2 Å². The quantitative estimate of drug-likeness (QED) is 0.133. The summed E-state index contributed by atoms with van der Waals surface area (Å²) in [5.74, 6) is -3.64. The Balaban J connectivity index is 0. The number of carbonyl (C=O) groups is 4. The number of aliphatic hydroxyl groups excluding tert-OH is 1. The summed E-state index contributed by atoms with van der Waals surface area (Å²) in [5.41, 5.74) is 28.0. The fourth-order valence-corrected chi connectivity index (χ4v) is 3.07. The van der Waals surface area contributed by atoms with Gasteiger partial charge in [-0.3, -0.25) is 19.2 Å². The second-order valence-electron chi connectivity index (χ2n) is 9.92. The lowest BCUT2D eigenvalue weighted by atomic mass is 10.1. The van der Waals surface area contributed by atoms with Gasteiger partial charge in [0.2, 0.25) is 0 Å². The van der Waals surface area contributed by atoms with Gasteiger partial charge in [-0.25, -0.2) is 0 Å². The number of nitrogens with two attached hydrogens (primary N) is 5. The molecule has 0 saturated heterocycles. The van der Waals surface area contributed by atoms with Crippen molar-refractivity contribution < 1.29 is 44.7 Å². The van der Waals surface area contributed by atoms with Crippen molar-refractivity contribution in [3.05, 3.63) is 36.0 Å². The Morgan fingerprint density at radius 2 is 1.31 bits per heavy atom. The first-order valence-corrected chi connectivity index (χ1v) is 13.3. The van der Waals surface area contributed by atoms with Crippen LogP contribution >= 0.6 is 0 Å². The molecule has 0 spiro atoms. The monoisotopic (exact) mass is 600 g/mol. The van der Waals surface area contributed by atoms with Gasteiger partial charge in [0.15, 0.2) is 0 Å². The third-order valence-corrected chi connectivity index (χ3v) is 5.57. The van der Waals surface area contributed by atoms with E-state index in [-0.39, 0.29) is 0 Å². The van der Waals surface area contributed by atoms with Gasteiger partial charge in [0.05, 0.1) is 6.10 Å². The molecule has 5 atom stereocenters. The Labute approximate surface area is 245 Å². The molecule has 16 N–H and O–H groups in total. The number of aromatic nitrogens is 1. The molecule has 0 aliphatic rings. The molecule has 15 nitrogen and oxygen atoms in total. The molecule has 0 saturated carbocycles. The zero-order valence-corrected chi connectivity index (χ0v) is 24.3. The van der Waals surface area contributed by atoms with Gasteiger partial charge >= 0.3 is 23.9 Å². The number of fused-ring (bicyclic) bond motifs is 1. The number of unbranched alkanes of at least 4 members (excludes halogenated alkanes) is 1. The number of carboxylic acid groups (broad SMARTS) is 4. The summed E-state index contributed by atoms with van der Waals surface area (Å²) in [7, 11) is 0. The minimum Gasteiger partial charge on any atom is -0.480 e. The van der Waals surface area contributed by atoms with Crippen molar-refractivity contribution in [3.8, 4) is 0 Å². The predicted octanol–water partition coefficient (Wildman–Crippen LogP) is -0.127. The minimum atomic E-state index is -1.18. The molecule has 2 aromatic rings. The van der Waals surface area contributed by atoms with Crippen LogP contribution in [-0.4, -0.2) is 91.2 Å². The molecule has 0 radical (unpaired) electrons. The fraction of sp³-hybridized carbons (Fsp3) is 0.556. The van der Waals surface area contributed by atoms with Crippen LogP contribution in [0.3, 0.4) is 0 Å². The van der Waals surface area contributed by atoms with Crippen LogP contribution < -0.4 is 28.7 Å². The molecule has 0 bridgehead atoms. The highest BCUT2D eigenvalue weighted by molar-refractivity contribution is 5.84. The zero-order chi connectivity index (χ0) is 33.0. The Kier molecular flexibility index (Phi) is 21.3. The first-order chi connectivity index (χ1) is 19.5. The second kappa shape index (κ2) is 22.1. The number of hydrogen-bond acceptors (Lipinski definition) is 10. The first kappa shape index (κ1) is 40.5. The predicted molar refractivity (Wildman–Crippen MR) is 158 cm³/mol. The summed E-state index contributed by atoms with van der Waals surface area (Å²) in [6.45, 7) is 5.83. The molecule has 0 fully saturated rings. The van der Waals surface area contributed by atoms with E-state index in [1.807, 2.05) is 44.3 Å². The molecule has 0 unspecified atom stereocenters. The van der Waals surface area contributed by atoms with Crippen molar-refractivity contribution in [3.63, 3.8) is 0 Å². The summed E-state index contributed by atoms with van der Waals surface area (Å²) in [5, 5.41) is 42.9. The second-order valence-corrected chi connectivity index (χ2v) is 9.92. The van der Waals surface area contributed by atoms with E-state index in [2.05, 4.69) is 4.98 Å². The van der Waals surface area contributed by atoms with Crippen LogP contribution in [0.2, 0.25) is 0 Å². The maximum absolute atomic E-state index is 10.6. The molecular weight excluding hydrogens is 552 g/mol. The van der Waals surface area contributed by atoms with Crippen LogP contribution in [0.25, 0.3) is 10.9 Å². The Morgan fingerprint density at radius 1 is 0.786 bits per heavy atom. The van der Waals surface area contributed by atoms with Gasteiger partial charge in [0, 0.05) is 23.5 Å². The van der Waals surface area contributed by atoms with E-state index in [9.17, 15) is 19.2 Å². The highest BCUT2D eigenvalue weighted by Gasteiger charge is 2.16. The smallest absolute Gasteiger partial charge is 0.323 e. The topological polar surface area (TPSA) is 315 Å². The van der Waals surface area contributed by atoms with Crippen LogP contribution in [-0.2, 0) is 25.6 Å². The van der Waals surface area contributed by atoms with Gasteiger partial charge in [0.1, 0.15) is 24.2 Å². The molecular formula is C27H48N6O9. The van der Waals surface area contributed by atoms with Gasteiger partial charge in [-0.05, 0) is 50.3 Å². The van der Waals surface area contributed by atoms with Crippen molar-refractivity contribution in [2.24, 2.45) is 34.6 Å².